The van der Waals surface area contributed by atoms with Gasteiger partial charge in [-0.05, 0) is 44.6 Å². The summed E-state index contributed by atoms with van der Waals surface area (Å²) >= 11 is 0. The first kappa shape index (κ1) is 17.8. The Hall–Kier alpha value is -1.59. The van der Waals surface area contributed by atoms with E-state index in [1.807, 2.05) is 43.3 Å². The van der Waals surface area contributed by atoms with Crippen LogP contribution in [0.5, 0.6) is 0 Å². The molecule has 0 aromatic heterocycles. The molecule has 1 aromatic rings. The van der Waals surface area contributed by atoms with Gasteiger partial charge in [-0.2, -0.15) is 0 Å². The van der Waals surface area contributed by atoms with E-state index < -0.39 is 8.32 Å². The number of hydrogen-bond donors (Lipinski definition) is 0. The highest BCUT2D eigenvalue weighted by atomic mass is 28.4. The Morgan fingerprint density at radius 1 is 1.26 bits per heavy atom. The average Bonchev–Trinajstić information content (AvgIpc) is 2.69. The van der Waals surface area contributed by atoms with E-state index in [4.69, 9.17) is 13.9 Å². The third kappa shape index (κ3) is 5.22. The van der Waals surface area contributed by atoms with E-state index in [1.54, 1.807) is 0 Å². The highest BCUT2D eigenvalue weighted by Crippen LogP contribution is 2.33. The van der Waals surface area contributed by atoms with Gasteiger partial charge in [-0.15, -0.1) is 0 Å². The number of carbonyl (C=O) groups is 1. The summed E-state index contributed by atoms with van der Waals surface area (Å²) in [5, 5.41) is 0. The average molecular weight is 334 g/mol. The Balaban J connectivity index is 2.22. The maximum atomic E-state index is 12.4. The maximum Gasteiger partial charge on any atom is 0.312 e. The topological polar surface area (TPSA) is 44.8 Å². The van der Waals surface area contributed by atoms with Gasteiger partial charge in [-0.25, -0.2) is 0 Å². The number of hydrogen-bond acceptors (Lipinski definition) is 4. The van der Waals surface area contributed by atoms with Gasteiger partial charge in [0.1, 0.15) is 12.4 Å². The van der Waals surface area contributed by atoms with Gasteiger partial charge >= 0.3 is 5.97 Å². The first-order chi connectivity index (χ1) is 10.9. The van der Waals surface area contributed by atoms with E-state index >= 15 is 0 Å². The predicted octanol–water partition coefficient (Wildman–Crippen LogP) is 4.06. The molecule has 1 aliphatic rings. The van der Waals surface area contributed by atoms with Crippen molar-refractivity contribution in [2.75, 3.05) is 13.2 Å². The van der Waals surface area contributed by atoms with Gasteiger partial charge in [-0.3, -0.25) is 4.79 Å². The van der Waals surface area contributed by atoms with Gasteiger partial charge < -0.3 is 13.9 Å². The standard InChI is InChI=1S/C18H26O4Si/c1-5-20-18(19)16-12-11-15(22-23(2,3)4)13-21-17(16)14-9-7-6-8-10-14/h6-11,16-17H,5,12-13H2,1-4H3/t16-,17-/m0/s1. The van der Waals surface area contributed by atoms with Crippen molar-refractivity contribution in [3.05, 3.63) is 47.7 Å². The minimum absolute atomic E-state index is 0.216. The minimum atomic E-state index is -1.70. The van der Waals surface area contributed by atoms with Gasteiger partial charge in [0.15, 0.2) is 0 Å². The van der Waals surface area contributed by atoms with E-state index in [2.05, 4.69) is 19.6 Å². The molecule has 2 rings (SSSR count). The zero-order valence-corrected chi connectivity index (χ0v) is 15.4. The number of benzene rings is 1. The maximum absolute atomic E-state index is 12.4. The lowest BCUT2D eigenvalue weighted by Crippen LogP contribution is -2.27. The van der Waals surface area contributed by atoms with Crippen LogP contribution in [0.15, 0.2) is 42.2 Å². The van der Waals surface area contributed by atoms with Crippen LogP contribution in [0.1, 0.15) is 25.0 Å². The smallest absolute Gasteiger partial charge is 0.312 e. The zero-order chi connectivity index (χ0) is 16.9. The van der Waals surface area contributed by atoms with Crippen molar-refractivity contribution >= 4 is 14.3 Å². The monoisotopic (exact) mass is 334 g/mol. The van der Waals surface area contributed by atoms with Gasteiger partial charge in [0.2, 0.25) is 8.32 Å². The lowest BCUT2D eigenvalue weighted by atomic mass is 9.93. The van der Waals surface area contributed by atoms with Crippen LogP contribution < -0.4 is 0 Å². The molecule has 1 aromatic carbocycles. The molecule has 0 saturated carbocycles. The van der Waals surface area contributed by atoms with Crippen molar-refractivity contribution < 1.29 is 18.7 Å². The molecule has 0 aliphatic carbocycles. The Labute approximate surface area is 139 Å². The summed E-state index contributed by atoms with van der Waals surface area (Å²) in [4.78, 5) is 12.4. The SMILES string of the molecule is CCOC(=O)[C@H]1CC=C(O[Si](C)(C)C)CO[C@H]1c1ccccc1. The first-order valence-corrected chi connectivity index (χ1v) is 11.5. The second-order valence-electron chi connectivity index (χ2n) is 6.62. The van der Waals surface area contributed by atoms with E-state index in [9.17, 15) is 4.79 Å². The molecule has 2 atom stereocenters. The molecule has 0 spiro atoms. The molecule has 23 heavy (non-hydrogen) atoms. The second-order valence-corrected chi connectivity index (χ2v) is 11.1. The Bertz CT molecular complexity index is 548. The summed E-state index contributed by atoms with van der Waals surface area (Å²) in [6.45, 7) is 8.99. The fourth-order valence-corrected chi connectivity index (χ4v) is 3.56. The molecule has 4 nitrogen and oxygen atoms in total. The molecule has 1 heterocycles. The molecule has 0 fully saturated rings. The van der Waals surface area contributed by atoms with Crippen molar-refractivity contribution in [3.63, 3.8) is 0 Å². The van der Waals surface area contributed by atoms with Crippen molar-refractivity contribution in [1.82, 2.24) is 0 Å². The molecule has 0 bridgehead atoms. The zero-order valence-electron chi connectivity index (χ0n) is 14.4. The molecule has 0 saturated heterocycles. The van der Waals surface area contributed by atoms with Gasteiger partial charge in [0, 0.05) is 0 Å². The third-order valence-corrected chi connectivity index (χ3v) is 4.40. The number of ether oxygens (including phenoxy) is 2. The van der Waals surface area contributed by atoms with Crippen molar-refractivity contribution in [2.24, 2.45) is 5.92 Å². The largest absolute Gasteiger partial charge is 0.546 e. The molecular weight excluding hydrogens is 308 g/mol. The number of allylic oxidation sites excluding steroid dienone is 1. The van der Waals surface area contributed by atoms with Crippen LogP contribution in [0.4, 0.5) is 0 Å². The summed E-state index contributed by atoms with van der Waals surface area (Å²) in [5.74, 6) is 0.267. The molecule has 1 aliphatic heterocycles. The van der Waals surface area contributed by atoms with Crippen LogP contribution in [0.25, 0.3) is 0 Å². The highest BCUT2D eigenvalue weighted by molar-refractivity contribution is 6.70. The van der Waals surface area contributed by atoms with E-state index in [1.165, 1.54) is 0 Å². The van der Waals surface area contributed by atoms with E-state index in [0.29, 0.717) is 19.6 Å². The molecule has 0 radical (unpaired) electrons. The number of rotatable bonds is 5. The van der Waals surface area contributed by atoms with Crippen molar-refractivity contribution in [2.45, 2.75) is 39.1 Å². The molecule has 126 valence electrons. The lowest BCUT2D eigenvalue weighted by molar-refractivity contribution is -0.153. The Morgan fingerprint density at radius 2 is 1.96 bits per heavy atom. The first-order valence-electron chi connectivity index (χ1n) is 8.12. The van der Waals surface area contributed by atoms with Crippen LogP contribution in [0.3, 0.4) is 0 Å². The second kappa shape index (κ2) is 7.79. The van der Waals surface area contributed by atoms with Crippen LogP contribution in [-0.2, 0) is 18.7 Å². The van der Waals surface area contributed by atoms with Crippen LogP contribution in [0.2, 0.25) is 19.6 Å². The molecule has 0 unspecified atom stereocenters. The van der Waals surface area contributed by atoms with Gasteiger partial charge in [-0.1, -0.05) is 30.3 Å². The summed E-state index contributed by atoms with van der Waals surface area (Å²) < 4.78 is 17.4. The van der Waals surface area contributed by atoms with E-state index in [0.717, 1.165) is 11.3 Å². The Kier molecular flexibility index (Phi) is 6.02. The lowest BCUT2D eigenvalue weighted by Gasteiger charge is -2.24. The third-order valence-electron chi connectivity index (χ3n) is 3.52. The molecule has 5 heteroatoms. The fraction of sp³-hybridized carbons (Fsp3) is 0.500. The Morgan fingerprint density at radius 3 is 2.57 bits per heavy atom. The van der Waals surface area contributed by atoms with Gasteiger partial charge in [0.05, 0.1) is 18.6 Å². The van der Waals surface area contributed by atoms with Crippen molar-refractivity contribution in [1.29, 1.82) is 0 Å². The number of carbonyl (C=O) groups excluding carboxylic acids is 1. The van der Waals surface area contributed by atoms with Gasteiger partial charge in [0.25, 0.3) is 0 Å². The summed E-state index contributed by atoms with van der Waals surface area (Å²) in [5.41, 5.74) is 0.994. The molecule has 0 N–H and O–H groups in total. The quantitative estimate of drug-likeness (QED) is 0.601. The molecular formula is C18H26O4Si. The summed E-state index contributed by atoms with van der Waals surface area (Å²) in [6.07, 6.45) is 2.25. The minimum Gasteiger partial charge on any atom is -0.546 e. The predicted molar refractivity (Wildman–Crippen MR) is 92.4 cm³/mol. The molecule has 0 amide bonds. The van der Waals surface area contributed by atoms with E-state index in [-0.39, 0.29) is 18.0 Å². The van der Waals surface area contributed by atoms with Crippen LogP contribution in [-0.4, -0.2) is 27.5 Å². The van der Waals surface area contributed by atoms with Crippen LogP contribution >= 0.6 is 0 Å². The summed E-state index contributed by atoms with van der Waals surface area (Å²) in [7, 11) is -1.70. The highest BCUT2D eigenvalue weighted by Gasteiger charge is 2.33. The normalized spacial score (nSPS) is 22.0. The summed E-state index contributed by atoms with van der Waals surface area (Å²) in [6, 6.07) is 9.84. The van der Waals surface area contributed by atoms with Crippen molar-refractivity contribution in [3.8, 4) is 0 Å². The van der Waals surface area contributed by atoms with Crippen LogP contribution in [0, 0.1) is 5.92 Å². The number of esters is 1. The fourth-order valence-electron chi connectivity index (χ4n) is 2.63.